The Kier molecular flexibility index (Phi) is 6.57. The molecule has 2 rings (SSSR count). The average molecular weight is 376 g/mol. The summed E-state index contributed by atoms with van der Waals surface area (Å²) in [5.74, 6) is -0.630. The summed E-state index contributed by atoms with van der Waals surface area (Å²) in [7, 11) is 3.05. The first-order valence-electron chi connectivity index (χ1n) is 7.57. The molecule has 2 N–H and O–H groups in total. The third kappa shape index (κ3) is 4.97. The Morgan fingerprint density at radius 3 is 2.50 bits per heavy atom. The summed E-state index contributed by atoms with van der Waals surface area (Å²) in [4.78, 5) is 23.7. The number of carbonyl (C=O) groups excluding carboxylic acids is 2. The zero-order valence-corrected chi connectivity index (χ0v) is 15.3. The summed E-state index contributed by atoms with van der Waals surface area (Å²) in [6.07, 6.45) is 1.36. The highest BCUT2D eigenvalue weighted by atomic mass is 35.5. The molecule has 0 spiro atoms. The molecule has 2 aromatic carbocycles. The largest absolute Gasteiger partial charge is 0.497 e. The molecule has 0 fully saturated rings. The highest BCUT2D eigenvalue weighted by molar-refractivity contribution is 6.39. The van der Waals surface area contributed by atoms with E-state index in [2.05, 4.69) is 15.8 Å². The highest BCUT2D eigenvalue weighted by Crippen LogP contribution is 2.22. The maximum Gasteiger partial charge on any atom is 0.329 e. The van der Waals surface area contributed by atoms with Gasteiger partial charge in [0.25, 0.3) is 0 Å². The van der Waals surface area contributed by atoms with Crippen molar-refractivity contribution in [1.29, 1.82) is 0 Å². The molecule has 2 amide bonds. The number of anilines is 1. The molecular formula is C18H18ClN3O4. The molecule has 0 aliphatic heterocycles. The number of hydrazone groups is 1. The maximum absolute atomic E-state index is 11.9. The van der Waals surface area contributed by atoms with Crippen LogP contribution in [0.4, 0.5) is 5.69 Å². The Bertz CT molecular complexity index is 852. The Hall–Kier alpha value is -3.06. The number of benzene rings is 2. The van der Waals surface area contributed by atoms with E-state index < -0.39 is 11.8 Å². The van der Waals surface area contributed by atoms with Crippen molar-refractivity contribution in [3.05, 3.63) is 52.5 Å². The fourth-order valence-corrected chi connectivity index (χ4v) is 2.19. The molecular weight excluding hydrogens is 358 g/mol. The van der Waals surface area contributed by atoms with Crippen molar-refractivity contribution in [1.82, 2.24) is 5.43 Å². The average Bonchev–Trinajstić information content (AvgIpc) is 2.64. The third-order valence-electron chi connectivity index (χ3n) is 3.44. The quantitative estimate of drug-likeness (QED) is 0.477. The Balaban J connectivity index is 2.00. The normalized spacial score (nSPS) is 10.5. The van der Waals surface area contributed by atoms with E-state index in [4.69, 9.17) is 21.1 Å². The fourth-order valence-electron chi connectivity index (χ4n) is 2.01. The Morgan fingerprint density at radius 2 is 1.85 bits per heavy atom. The lowest BCUT2D eigenvalue weighted by molar-refractivity contribution is -0.136. The lowest BCUT2D eigenvalue weighted by Gasteiger charge is -2.07. The molecule has 0 bridgehead atoms. The smallest absolute Gasteiger partial charge is 0.329 e. The van der Waals surface area contributed by atoms with E-state index >= 15 is 0 Å². The minimum Gasteiger partial charge on any atom is -0.497 e. The lowest BCUT2D eigenvalue weighted by atomic mass is 10.2. The Morgan fingerprint density at radius 1 is 1.08 bits per heavy atom. The summed E-state index contributed by atoms with van der Waals surface area (Å²) < 4.78 is 10.3. The van der Waals surface area contributed by atoms with Crippen LogP contribution in [0, 0.1) is 6.92 Å². The van der Waals surface area contributed by atoms with E-state index in [1.54, 1.807) is 36.4 Å². The van der Waals surface area contributed by atoms with Crippen LogP contribution in [0.5, 0.6) is 11.5 Å². The number of ether oxygens (including phenoxy) is 2. The summed E-state index contributed by atoms with van der Waals surface area (Å²) in [6, 6.07) is 10.1. The number of amides is 2. The predicted molar refractivity (Wildman–Crippen MR) is 100 cm³/mol. The van der Waals surface area contributed by atoms with Crippen LogP contribution in [0.15, 0.2) is 41.5 Å². The number of rotatable bonds is 5. The molecule has 0 heterocycles. The van der Waals surface area contributed by atoms with E-state index in [9.17, 15) is 9.59 Å². The number of aryl methyl sites for hydroxylation is 1. The molecule has 8 heteroatoms. The molecule has 0 unspecified atom stereocenters. The van der Waals surface area contributed by atoms with Gasteiger partial charge in [0.2, 0.25) is 0 Å². The molecule has 26 heavy (non-hydrogen) atoms. The number of hydrogen-bond acceptors (Lipinski definition) is 5. The van der Waals surface area contributed by atoms with Gasteiger partial charge in [-0.25, -0.2) is 5.43 Å². The van der Waals surface area contributed by atoms with Gasteiger partial charge >= 0.3 is 11.8 Å². The van der Waals surface area contributed by atoms with Crippen molar-refractivity contribution in [2.45, 2.75) is 6.92 Å². The number of halogens is 1. The van der Waals surface area contributed by atoms with Crippen molar-refractivity contribution >= 4 is 35.3 Å². The van der Waals surface area contributed by atoms with E-state index in [-0.39, 0.29) is 0 Å². The SMILES string of the molecule is COc1ccc(OC)c(/C=N\NC(=O)C(=O)Nc2ccc(C)c(Cl)c2)c1. The van der Waals surface area contributed by atoms with Gasteiger partial charge in [0, 0.05) is 16.3 Å². The minimum atomic E-state index is -0.917. The van der Waals surface area contributed by atoms with E-state index in [1.807, 2.05) is 6.92 Å². The van der Waals surface area contributed by atoms with Crippen molar-refractivity contribution in [2.24, 2.45) is 5.10 Å². The minimum absolute atomic E-state index is 0.416. The summed E-state index contributed by atoms with van der Waals surface area (Å²) >= 11 is 5.98. The van der Waals surface area contributed by atoms with Crippen LogP contribution in [0.25, 0.3) is 0 Å². The van der Waals surface area contributed by atoms with E-state index in [0.717, 1.165) is 5.56 Å². The first-order valence-corrected chi connectivity index (χ1v) is 7.95. The van der Waals surface area contributed by atoms with E-state index in [0.29, 0.717) is 27.8 Å². The summed E-state index contributed by atoms with van der Waals surface area (Å²) in [5.41, 5.74) is 4.02. The molecule has 0 saturated heterocycles. The van der Waals surface area contributed by atoms with Crippen molar-refractivity contribution in [2.75, 3.05) is 19.5 Å². The molecule has 0 saturated carbocycles. The number of carbonyl (C=O) groups is 2. The van der Waals surface area contributed by atoms with Gasteiger partial charge in [-0.3, -0.25) is 9.59 Å². The van der Waals surface area contributed by atoms with Crippen LogP contribution in [0.1, 0.15) is 11.1 Å². The van der Waals surface area contributed by atoms with Crippen LogP contribution < -0.4 is 20.2 Å². The van der Waals surface area contributed by atoms with Crippen LogP contribution in [-0.2, 0) is 9.59 Å². The molecule has 0 atom stereocenters. The monoisotopic (exact) mass is 375 g/mol. The van der Waals surface area contributed by atoms with Crippen LogP contribution >= 0.6 is 11.6 Å². The summed E-state index contributed by atoms with van der Waals surface area (Å²) in [5, 5.41) is 6.71. The summed E-state index contributed by atoms with van der Waals surface area (Å²) in [6.45, 7) is 1.84. The number of nitrogens with one attached hydrogen (secondary N) is 2. The number of hydrogen-bond donors (Lipinski definition) is 2. The van der Waals surface area contributed by atoms with Crippen molar-refractivity contribution in [3.63, 3.8) is 0 Å². The highest BCUT2D eigenvalue weighted by Gasteiger charge is 2.13. The molecule has 0 radical (unpaired) electrons. The van der Waals surface area contributed by atoms with Gasteiger partial charge in [-0.15, -0.1) is 0 Å². The predicted octanol–water partition coefficient (Wildman–Crippen LogP) is 2.75. The van der Waals surface area contributed by atoms with Gasteiger partial charge in [-0.05, 0) is 42.8 Å². The van der Waals surface area contributed by atoms with Gasteiger partial charge in [0.1, 0.15) is 11.5 Å². The topological polar surface area (TPSA) is 89.0 Å². The second kappa shape index (κ2) is 8.87. The first-order chi connectivity index (χ1) is 12.4. The van der Waals surface area contributed by atoms with Gasteiger partial charge in [0.05, 0.1) is 20.4 Å². The molecule has 0 aromatic heterocycles. The van der Waals surface area contributed by atoms with Crippen LogP contribution in [0.3, 0.4) is 0 Å². The van der Waals surface area contributed by atoms with Crippen molar-refractivity contribution in [3.8, 4) is 11.5 Å². The van der Waals surface area contributed by atoms with Crippen molar-refractivity contribution < 1.29 is 19.1 Å². The fraction of sp³-hybridized carbons (Fsp3) is 0.167. The maximum atomic E-state index is 11.9. The zero-order valence-electron chi connectivity index (χ0n) is 14.5. The number of methoxy groups -OCH3 is 2. The third-order valence-corrected chi connectivity index (χ3v) is 3.85. The zero-order chi connectivity index (χ0) is 19.1. The van der Waals surface area contributed by atoms with Gasteiger partial charge in [-0.1, -0.05) is 17.7 Å². The second-order valence-electron chi connectivity index (χ2n) is 5.23. The first kappa shape index (κ1) is 19.3. The molecule has 0 aliphatic rings. The molecule has 136 valence electrons. The van der Waals surface area contributed by atoms with Crippen LogP contribution in [0.2, 0.25) is 5.02 Å². The Labute approximate surface area is 155 Å². The van der Waals surface area contributed by atoms with Crippen LogP contribution in [-0.4, -0.2) is 32.2 Å². The lowest BCUT2D eigenvalue weighted by Crippen LogP contribution is -2.32. The van der Waals surface area contributed by atoms with Gasteiger partial charge < -0.3 is 14.8 Å². The molecule has 2 aromatic rings. The molecule has 7 nitrogen and oxygen atoms in total. The van der Waals surface area contributed by atoms with Gasteiger partial charge in [-0.2, -0.15) is 5.10 Å². The molecule has 0 aliphatic carbocycles. The van der Waals surface area contributed by atoms with E-state index in [1.165, 1.54) is 20.4 Å². The standard InChI is InChI=1S/C18H18ClN3O4/c1-11-4-5-13(9-15(11)19)21-17(23)18(24)22-20-10-12-8-14(25-2)6-7-16(12)26-3/h4-10H,1-3H3,(H,21,23)(H,22,24)/b20-10-. The number of nitrogens with zero attached hydrogens (tertiary/aromatic N) is 1. The second-order valence-corrected chi connectivity index (χ2v) is 5.63. The van der Waals surface area contributed by atoms with Gasteiger partial charge in [0.15, 0.2) is 0 Å².